The van der Waals surface area contributed by atoms with Gasteiger partial charge < -0.3 is 5.73 Å². The van der Waals surface area contributed by atoms with Crippen LogP contribution in [0.4, 0.5) is 5.82 Å². The van der Waals surface area contributed by atoms with E-state index in [4.69, 9.17) is 17.3 Å². The number of nitrogens with two attached hydrogens (primary N) is 1. The fourth-order valence-electron chi connectivity index (χ4n) is 1.37. The van der Waals surface area contributed by atoms with E-state index in [1.165, 1.54) is 0 Å². The van der Waals surface area contributed by atoms with Crippen LogP contribution in [0.3, 0.4) is 0 Å². The van der Waals surface area contributed by atoms with Crippen molar-refractivity contribution >= 4 is 23.2 Å². The van der Waals surface area contributed by atoms with E-state index >= 15 is 0 Å². The lowest BCUT2D eigenvalue weighted by molar-refractivity contribution is 0.103. The molecule has 0 atom stereocenters. The van der Waals surface area contributed by atoms with Crippen molar-refractivity contribution in [2.24, 2.45) is 0 Å². The molecule has 2 rings (SSSR count). The topological polar surface area (TPSA) is 56.0 Å². The summed E-state index contributed by atoms with van der Waals surface area (Å²) < 4.78 is 0. The number of nitrogen functional groups attached to an aromatic ring is 1. The van der Waals surface area contributed by atoms with Crippen LogP contribution >= 0.6 is 11.6 Å². The zero-order valence-electron chi connectivity index (χ0n) is 8.35. The molecule has 3 nitrogen and oxygen atoms in total. The number of ketones is 1. The Morgan fingerprint density at radius 3 is 2.50 bits per heavy atom. The van der Waals surface area contributed by atoms with Crippen LogP contribution in [0.2, 0.25) is 5.02 Å². The minimum absolute atomic E-state index is 0.151. The summed E-state index contributed by atoms with van der Waals surface area (Å²) in [6.07, 6.45) is 1.55. The van der Waals surface area contributed by atoms with Crippen molar-refractivity contribution in [1.82, 2.24) is 4.98 Å². The van der Waals surface area contributed by atoms with Gasteiger partial charge in [-0.3, -0.25) is 4.79 Å². The standard InChI is InChI=1S/C12H9ClN2O/c13-9-5-3-8(4-6-9)11(16)10-2-1-7-15-12(10)14/h1-7H,(H2,14,15). The largest absolute Gasteiger partial charge is 0.383 e. The lowest BCUT2D eigenvalue weighted by Crippen LogP contribution is -2.06. The summed E-state index contributed by atoms with van der Waals surface area (Å²) in [5.74, 6) is 0.0877. The van der Waals surface area contributed by atoms with Gasteiger partial charge in [0.1, 0.15) is 5.82 Å². The Labute approximate surface area is 97.9 Å². The number of pyridine rings is 1. The van der Waals surface area contributed by atoms with Crippen LogP contribution in [0.25, 0.3) is 0 Å². The van der Waals surface area contributed by atoms with Crippen LogP contribution in [-0.4, -0.2) is 10.8 Å². The average molecular weight is 233 g/mol. The summed E-state index contributed by atoms with van der Waals surface area (Å²) >= 11 is 5.75. The molecule has 0 aliphatic rings. The Morgan fingerprint density at radius 2 is 1.88 bits per heavy atom. The minimum Gasteiger partial charge on any atom is -0.383 e. The number of carbonyl (C=O) groups excluding carboxylic acids is 1. The summed E-state index contributed by atoms with van der Waals surface area (Å²) in [6.45, 7) is 0. The van der Waals surface area contributed by atoms with Gasteiger partial charge in [0.15, 0.2) is 5.78 Å². The van der Waals surface area contributed by atoms with Gasteiger partial charge in [0, 0.05) is 16.8 Å². The average Bonchev–Trinajstić information content (AvgIpc) is 2.30. The van der Waals surface area contributed by atoms with E-state index in [-0.39, 0.29) is 11.6 Å². The monoisotopic (exact) mass is 232 g/mol. The Hall–Kier alpha value is -1.87. The number of rotatable bonds is 2. The van der Waals surface area contributed by atoms with Crippen molar-refractivity contribution in [3.8, 4) is 0 Å². The molecule has 0 amide bonds. The highest BCUT2D eigenvalue weighted by Crippen LogP contribution is 2.16. The Kier molecular flexibility index (Phi) is 2.88. The van der Waals surface area contributed by atoms with Crippen molar-refractivity contribution in [3.63, 3.8) is 0 Å². The van der Waals surface area contributed by atoms with Crippen molar-refractivity contribution in [2.45, 2.75) is 0 Å². The minimum atomic E-state index is -0.151. The van der Waals surface area contributed by atoms with E-state index in [0.717, 1.165) is 0 Å². The Morgan fingerprint density at radius 1 is 1.19 bits per heavy atom. The maximum atomic E-state index is 12.0. The highest BCUT2D eigenvalue weighted by atomic mass is 35.5. The van der Waals surface area contributed by atoms with Gasteiger partial charge in [-0.25, -0.2) is 4.98 Å². The molecule has 80 valence electrons. The fourth-order valence-corrected chi connectivity index (χ4v) is 1.49. The normalized spacial score (nSPS) is 10.1. The van der Waals surface area contributed by atoms with Gasteiger partial charge in [-0.05, 0) is 36.4 Å². The van der Waals surface area contributed by atoms with E-state index in [0.29, 0.717) is 16.1 Å². The van der Waals surface area contributed by atoms with E-state index < -0.39 is 0 Å². The van der Waals surface area contributed by atoms with Crippen molar-refractivity contribution in [3.05, 3.63) is 58.7 Å². The first-order valence-electron chi connectivity index (χ1n) is 4.69. The van der Waals surface area contributed by atoms with Gasteiger partial charge in [0.25, 0.3) is 0 Å². The maximum absolute atomic E-state index is 12.0. The van der Waals surface area contributed by atoms with Gasteiger partial charge in [-0.1, -0.05) is 11.6 Å². The molecule has 2 aromatic rings. The number of halogens is 1. The highest BCUT2D eigenvalue weighted by Gasteiger charge is 2.12. The van der Waals surface area contributed by atoms with Crippen molar-refractivity contribution in [1.29, 1.82) is 0 Å². The van der Waals surface area contributed by atoms with Gasteiger partial charge in [0.05, 0.1) is 5.56 Å². The predicted molar refractivity (Wildman–Crippen MR) is 63.5 cm³/mol. The molecular formula is C12H9ClN2O. The first-order valence-corrected chi connectivity index (χ1v) is 5.07. The molecule has 1 aromatic carbocycles. The molecule has 4 heteroatoms. The molecule has 1 heterocycles. The number of aromatic nitrogens is 1. The second kappa shape index (κ2) is 4.33. The molecule has 0 bridgehead atoms. The third-order valence-corrected chi connectivity index (χ3v) is 2.44. The molecule has 0 spiro atoms. The molecule has 0 saturated carbocycles. The van der Waals surface area contributed by atoms with E-state index in [2.05, 4.69) is 4.98 Å². The molecule has 0 aliphatic heterocycles. The molecule has 16 heavy (non-hydrogen) atoms. The molecule has 1 aromatic heterocycles. The molecule has 0 saturated heterocycles. The number of benzene rings is 1. The van der Waals surface area contributed by atoms with E-state index in [1.807, 2.05) is 0 Å². The van der Waals surface area contributed by atoms with Gasteiger partial charge in [-0.15, -0.1) is 0 Å². The van der Waals surface area contributed by atoms with Gasteiger partial charge in [-0.2, -0.15) is 0 Å². The number of carbonyl (C=O) groups is 1. The third kappa shape index (κ3) is 2.04. The lowest BCUT2D eigenvalue weighted by atomic mass is 10.0. The van der Waals surface area contributed by atoms with Crippen LogP contribution in [0.5, 0.6) is 0 Å². The number of nitrogens with zero attached hydrogens (tertiary/aromatic N) is 1. The molecule has 0 fully saturated rings. The fraction of sp³-hybridized carbons (Fsp3) is 0. The molecule has 0 aliphatic carbocycles. The smallest absolute Gasteiger partial charge is 0.196 e. The van der Waals surface area contributed by atoms with Crippen LogP contribution in [-0.2, 0) is 0 Å². The SMILES string of the molecule is Nc1ncccc1C(=O)c1ccc(Cl)cc1. The number of hydrogen-bond donors (Lipinski definition) is 1. The second-order valence-corrected chi connectivity index (χ2v) is 3.71. The summed E-state index contributed by atoms with van der Waals surface area (Å²) in [6, 6.07) is 10.00. The van der Waals surface area contributed by atoms with E-state index in [1.54, 1.807) is 42.6 Å². The molecule has 0 unspecified atom stereocenters. The summed E-state index contributed by atoms with van der Waals surface area (Å²) in [5, 5.41) is 0.593. The zero-order chi connectivity index (χ0) is 11.5. The second-order valence-electron chi connectivity index (χ2n) is 3.27. The molecule has 2 N–H and O–H groups in total. The quantitative estimate of drug-likeness (QED) is 0.810. The van der Waals surface area contributed by atoms with Crippen LogP contribution in [0, 0.1) is 0 Å². The predicted octanol–water partition coefficient (Wildman–Crippen LogP) is 2.55. The van der Waals surface area contributed by atoms with Crippen LogP contribution in [0.1, 0.15) is 15.9 Å². The van der Waals surface area contributed by atoms with Crippen molar-refractivity contribution in [2.75, 3.05) is 5.73 Å². The number of hydrogen-bond acceptors (Lipinski definition) is 3. The van der Waals surface area contributed by atoms with Gasteiger partial charge >= 0.3 is 0 Å². The first-order chi connectivity index (χ1) is 7.68. The van der Waals surface area contributed by atoms with Crippen LogP contribution < -0.4 is 5.73 Å². The van der Waals surface area contributed by atoms with Crippen LogP contribution in [0.15, 0.2) is 42.6 Å². The summed E-state index contributed by atoms with van der Waals surface area (Å²) in [7, 11) is 0. The summed E-state index contributed by atoms with van der Waals surface area (Å²) in [5.41, 5.74) is 6.58. The zero-order valence-corrected chi connectivity index (χ0v) is 9.11. The maximum Gasteiger partial charge on any atom is 0.196 e. The Bertz CT molecular complexity index is 523. The van der Waals surface area contributed by atoms with E-state index in [9.17, 15) is 4.79 Å². The highest BCUT2D eigenvalue weighted by molar-refractivity contribution is 6.30. The summed E-state index contributed by atoms with van der Waals surface area (Å²) in [4.78, 5) is 15.9. The first kappa shape index (κ1) is 10.6. The Balaban J connectivity index is 2.40. The van der Waals surface area contributed by atoms with Gasteiger partial charge in [0.2, 0.25) is 0 Å². The molecular weight excluding hydrogens is 224 g/mol. The lowest BCUT2D eigenvalue weighted by Gasteiger charge is -2.03. The molecule has 0 radical (unpaired) electrons. The third-order valence-electron chi connectivity index (χ3n) is 2.19. The van der Waals surface area contributed by atoms with Crippen molar-refractivity contribution < 1.29 is 4.79 Å². The number of anilines is 1.